The van der Waals surface area contributed by atoms with Crippen molar-refractivity contribution in [1.29, 1.82) is 0 Å². The Kier molecular flexibility index (Phi) is 6.09. The van der Waals surface area contributed by atoms with Gasteiger partial charge < -0.3 is 10.2 Å². The van der Waals surface area contributed by atoms with E-state index in [2.05, 4.69) is 15.4 Å². The van der Waals surface area contributed by atoms with Crippen molar-refractivity contribution in [3.8, 4) is 16.4 Å². The number of hydrogen-bond donors (Lipinski definition) is 1. The van der Waals surface area contributed by atoms with Crippen LogP contribution in [0.1, 0.15) is 16.2 Å². The number of nitrogens with one attached hydrogen (secondary N) is 1. The van der Waals surface area contributed by atoms with Crippen molar-refractivity contribution in [3.63, 3.8) is 0 Å². The predicted molar refractivity (Wildman–Crippen MR) is 121 cm³/mol. The molecule has 162 valence electrons. The zero-order chi connectivity index (χ0) is 22.7. The maximum Gasteiger partial charge on any atom is 0.293 e. The van der Waals surface area contributed by atoms with Crippen molar-refractivity contribution in [2.75, 3.05) is 18.9 Å². The van der Waals surface area contributed by atoms with Crippen LogP contribution in [-0.2, 0) is 4.79 Å². The Balaban J connectivity index is 1.55. The minimum absolute atomic E-state index is 0.0524. The van der Waals surface area contributed by atoms with E-state index < -0.39 is 5.91 Å². The first-order valence-electron chi connectivity index (χ1n) is 9.79. The molecule has 0 radical (unpaired) electrons. The number of hydrogen-bond acceptors (Lipinski definition) is 5. The summed E-state index contributed by atoms with van der Waals surface area (Å²) in [7, 11) is 1.51. The fraction of sp³-hybridized carbons (Fsp3) is 0.130. The van der Waals surface area contributed by atoms with Gasteiger partial charge in [0.2, 0.25) is 11.7 Å². The number of anilines is 1. The molecule has 2 heterocycles. The summed E-state index contributed by atoms with van der Waals surface area (Å²) in [4.78, 5) is 31.8. The zero-order valence-corrected chi connectivity index (χ0v) is 18.3. The molecule has 0 atom stereocenters. The van der Waals surface area contributed by atoms with Gasteiger partial charge in [-0.2, -0.15) is 0 Å². The topological polar surface area (TPSA) is 80.1 Å². The molecule has 7 nitrogen and oxygen atoms in total. The lowest BCUT2D eigenvalue weighted by molar-refractivity contribution is -0.116. The van der Waals surface area contributed by atoms with Gasteiger partial charge >= 0.3 is 0 Å². The monoisotopic (exact) mass is 449 g/mol. The maximum absolute atomic E-state index is 13.4. The molecule has 1 N–H and O–H groups in total. The number of carbonyl (C=O) groups excluding carboxylic acids is 2. The second kappa shape index (κ2) is 9.11. The number of amides is 2. The van der Waals surface area contributed by atoms with E-state index in [0.717, 1.165) is 10.4 Å². The van der Waals surface area contributed by atoms with Crippen molar-refractivity contribution >= 4 is 28.8 Å². The summed E-state index contributed by atoms with van der Waals surface area (Å²) in [5, 5.41) is 9.01. The molecule has 2 aromatic carbocycles. The Bertz CT molecular complexity index is 1230. The van der Waals surface area contributed by atoms with Crippen LogP contribution in [0.3, 0.4) is 0 Å². The SMILES string of the molecule is Cc1ccc(NC(=O)CN(C)C(=O)c2nc(-c3cccs3)n(-c3ccc(F)cc3)n2)cc1. The number of aryl methyl sites for hydroxylation is 1. The molecule has 0 aliphatic heterocycles. The molecular formula is C23H20FN5O2S. The van der Waals surface area contributed by atoms with E-state index >= 15 is 0 Å². The summed E-state index contributed by atoms with van der Waals surface area (Å²) in [5.41, 5.74) is 2.31. The van der Waals surface area contributed by atoms with Crippen molar-refractivity contribution < 1.29 is 14.0 Å². The number of nitrogens with zero attached hydrogens (tertiary/aromatic N) is 4. The Morgan fingerprint density at radius 2 is 1.81 bits per heavy atom. The average molecular weight is 450 g/mol. The smallest absolute Gasteiger partial charge is 0.293 e. The highest BCUT2D eigenvalue weighted by Crippen LogP contribution is 2.26. The molecule has 0 saturated heterocycles. The molecular weight excluding hydrogens is 429 g/mol. The highest BCUT2D eigenvalue weighted by atomic mass is 32.1. The average Bonchev–Trinajstić information content (AvgIpc) is 3.45. The van der Waals surface area contributed by atoms with Gasteiger partial charge in [-0.3, -0.25) is 9.59 Å². The van der Waals surface area contributed by atoms with Crippen LogP contribution in [-0.4, -0.2) is 45.1 Å². The molecule has 4 aromatic rings. The van der Waals surface area contributed by atoms with Gasteiger partial charge in [-0.25, -0.2) is 14.1 Å². The number of carbonyl (C=O) groups is 2. The van der Waals surface area contributed by atoms with Gasteiger partial charge in [-0.1, -0.05) is 23.8 Å². The first-order chi connectivity index (χ1) is 15.4. The molecule has 0 saturated carbocycles. The third-order valence-corrected chi connectivity index (χ3v) is 5.54. The molecule has 0 bridgehead atoms. The fourth-order valence-corrected chi connectivity index (χ4v) is 3.72. The van der Waals surface area contributed by atoms with Crippen molar-refractivity contribution in [2.24, 2.45) is 0 Å². The lowest BCUT2D eigenvalue weighted by Gasteiger charge is -2.15. The highest BCUT2D eigenvalue weighted by Gasteiger charge is 2.23. The van der Waals surface area contributed by atoms with Crippen LogP contribution in [0.5, 0.6) is 0 Å². The van der Waals surface area contributed by atoms with Gasteiger partial charge in [-0.05, 0) is 54.8 Å². The van der Waals surface area contributed by atoms with Gasteiger partial charge in [0.1, 0.15) is 5.82 Å². The zero-order valence-electron chi connectivity index (χ0n) is 17.4. The standard InChI is InChI=1S/C23H20FN5O2S/c1-15-5-9-17(10-6-15)25-20(30)14-28(2)23(31)21-26-22(19-4-3-13-32-19)29(27-21)18-11-7-16(24)8-12-18/h3-13H,14H2,1-2H3,(H,25,30). The van der Waals surface area contributed by atoms with E-state index in [1.807, 2.05) is 36.6 Å². The van der Waals surface area contributed by atoms with Crippen LogP contribution < -0.4 is 5.32 Å². The molecule has 32 heavy (non-hydrogen) atoms. The van der Waals surface area contributed by atoms with Crippen LogP contribution in [0, 0.1) is 12.7 Å². The normalized spacial score (nSPS) is 10.7. The van der Waals surface area contributed by atoms with E-state index in [4.69, 9.17) is 0 Å². The summed E-state index contributed by atoms with van der Waals surface area (Å²) in [6.45, 7) is 1.80. The fourth-order valence-electron chi connectivity index (χ4n) is 3.03. The largest absolute Gasteiger partial charge is 0.330 e. The van der Waals surface area contributed by atoms with Gasteiger partial charge in [-0.15, -0.1) is 16.4 Å². The summed E-state index contributed by atoms with van der Waals surface area (Å²) in [6.07, 6.45) is 0. The molecule has 2 amide bonds. The number of benzene rings is 2. The molecule has 0 aliphatic carbocycles. The van der Waals surface area contributed by atoms with Crippen LogP contribution in [0.25, 0.3) is 16.4 Å². The molecule has 9 heteroatoms. The number of rotatable bonds is 6. The van der Waals surface area contributed by atoms with E-state index in [0.29, 0.717) is 17.2 Å². The summed E-state index contributed by atoms with van der Waals surface area (Å²) >= 11 is 1.45. The first kappa shape index (κ1) is 21.4. The summed E-state index contributed by atoms with van der Waals surface area (Å²) < 4.78 is 14.9. The van der Waals surface area contributed by atoms with Crippen LogP contribution >= 0.6 is 11.3 Å². The minimum atomic E-state index is -0.497. The number of likely N-dealkylation sites (N-methyl/N-ethyl adjacent to an activating group) is 1. The number of aromatic nitrogens is 3. The van der Waals surface area contributed by atoms with Gasteiger partial charge in [0.25, 0.3) is 5.91 Å². The Morgan fingerprint density at radius 1 is 1.09 bits per heavy atom. The molecule has 4 rings (SSSR count). The molecule has 0 spiro atoms. The third-order valence-electron chi connectivity index (χ3n) is 4.67. The first-order valence-corrected chi connectivity index (χ1v) is 10.7. The van der Waals surface area contributed by atoms with Crippen LogP contribution in [0.15, 0.2) is 66.0 Å². The summed E-state index contributed by atoms with van der Waals surface area (Å²) in [5.74, 6) is -0.790. The molecule has 0 fully saturated rings. The van der Waals surface area contributed by atoms with E-state index in [1.54, 1.807) is 24.3 Å². The van der Waals surface area contributed by atoms with E-state index in [-0.39, 0.29) is 24.1 Å². The highest BCUT2D eigenvalue weighted by molar-refractivity contribution is 7.13. The van der Waals surface area contributed by atoms with Crippen molar-refractivity contribution in [3.05, 3.63) is 83.2 Å². The van der Waals surface area contributed by atoms with Gasteiger partial charge in [0.05, 0.1) is 17.1 Å². The van der Waals surface area contributed by atoms with Crippen molar-refractivity contribution in [2.45, 2.75) is 6.92 Å². The van der Waals surface area contributed by atoms with Crippen LogP contribution in [0.2, 0.25) is 0 Å². The minimum Gasteiger partial charge on any atom is -0.330 e. The molecule has 0 aliphatic rings. The molecule has 0 unspecified atom stereocenters. The third kappa shape index (κ3) is 4.73. The van der Waals surface area contributed by atoms with Gasteiger partial charge in [0, 0.05) is 12.7 Å². The second-order valence-electron chi connectivity index (χ2n) is 7.20. The quantitative estimate of drug-likeness (QED) is 0.480. The summed E-state index contributed by atoms with van der Waals surface area (Å²) in [6, 6.07) is 16.9. The Hall–Kier alpha value is -3.85. The van der Waals surface area contributed by atoms with Crippen LogP contribution in [0.4, 0.5) is 10.1 Å². The number of thiophene rings is 1. The lowest BCUT2D eigenvalue weighted by atomic mass is 10.2. The second-order valence-corrected chi connectivity index (χ2v) is 8.15. The number of halogens is 1. The lowest BCUT2D eigenvalue weighted by Crippen LogP contribution is -2.35. The van der Waals surface area contributed by atoms with E-state index in [1.165, 1.54) is 40.1 Å². The Labute approximate surface area is 188 Å². The maximum atomic E-state index is 13.4. The van der Waals surface area contributed by atoms with E-state index in [9.17, 15) is 14.0 Å². The Morgan fingerprint density at radius 3 is 2.47 bits per heavy atom. The van der Waals surface area contributed by atoms with Gasteiger partial charge in [0.15, 0.2) is 5.82 Å². The van der Waals surface area contributed by atoms with Crippen molar-refractivity contribution in [1.82, 2.24) is 19.7 Å². The molecule has 2 aromatic heterocycles. The predicted octanol–water partition coefficient (Wildman–Crippen LogP) is 4.15.